The molecular weight excluding hydrogens is 289 g/mol. The molecule has 0 aliphatic heterocycles. The monoisotopic (exact) mass is 302 g/mol. The van der Waals surface area contributed by atoms with Crippen LogP contribution in [0.25, 0.3) is 0 Å². The van der Waals surface area contributed by atoms with Crippen molar-refractivity contribution in [1.82, 2.24) is 0 Å². The zero-order valence-corrected chi connectivity index (χ0v) is 11.6. The summed E-state index contributed by atoms with van der Waals surface area (Å²) in [6.45, 7) is 0.0610. The molecule has 22 heavy (non-hydrogen) atoms. The highest BCUT2D eigenvalue weighted by molar-refractivity contribution is 5.66. The maximum Gasteiger partial charge on any atom is 0.428 e. The molecule has 0 unspecified atom stereocenters. The lowest BCUT2D eigenvalue weighted by Gasteiger charge is -2.16. The van der Waals surface area contributed by atoms with Crippen molar-refractivity contribution in [3.63, 3.8) is 0 Å². The third kappa shape index (κ3) is 5.33. The minimum atomic E-state index is -4.46. The van der Waals surface area contributed by atoms with E-state index in [1.165, 1.54) is 5.01 Å². The number of alkyl halides is 3. The molecule has 0 aliphatic rings. The zero-order chi connectivity index (χ0) is 15.8. The van der Waals surface area contributed by atoms with Gasteiger partial charge in [-0.25, -0.2) is 0 Å². The van der Waals surface area contributed by atoms with Crippen molar-refractivity contribution in [3.05, 3.63) is 66.2 Å². The molecule has 0 fully saturated rings. The van der Waals surface area contributed by atoms with Crippen LogP contribution in [0.2, 0.25) is 0 Å². The lowest BCUT2D eigenvalue weighted by atomic mass is 10.2. The first-order valence-corrected chi connectivity index (χ1v) is 6.53. The number of para-hydroxylation sites is 1. The van der Waals surface area contributed by atoms with E-state index in [-0.39, 0.29) is 12.8 Å². The van der Waals surface area contributed by atoms with Crippen LogP contribution >= 0.6 is 0 Å². The summed E-state index contributed by atoms with van der Waals surface area (Å²) < 4.78 is 36.9. The summed E-state index contributed by atoms with van der Waals surface area (Å²) in [6.07, 6.45) is -4.50. The number of halogens is 3. The Bertz CT molecular complexity index is 668. The van der Waals surface area contributed by atoms with Gasteiger partial charge in [-0.05, 0) is 24.3 Å². The van der Waals surface area contributed by atoms with Gasteiger partial charge in [0.1, 0.15) is 12.8 Å². The first kappa shape index (κ1) is 15.6. The Morgan fingerprint density at radius 3 is 2.14 bits per heavy atom. The number of hydrogen-bond donors (Lipinski definition) is 0. The van der Waals surface area contributed by atoms with E-state index >= 15 is 0 Å². The second kappa shape index (κ2) is 7.32. The molecule has 0 aromatic heterocycles. The van der Waals surface area contributed by atoms with E-state index < -0.39 is 6.18 Å². The smallest absolute Gasteiger partial charge is 0.254 e. The van der Waals surface area contributed by atoms with Gasteiger partial charge in [-0.1, -0.05) is 48.2 Å². The molecular formula is C17H13F3N2. The summed E-state index contributed by atoms with van der Waals surface area (Å²) in [5.41, 5.74) is 1.35. The fourth-order valence-electron chi connectivity index (χ4n) is 1.67. The molecule has 2 rings (SSSR count). The first-order valence-electron chi connectivity index (χ1n) is 6.53. The Morgan fingerprint density at radius 1 is 0.955 bits per heavy atom. The number of hydrogen-bond acceptors (Lipinski definition) is 2. The minimum absolute atomic E-state index is 0.0375. The summed E-state index contributed by atoms with van der Waals surface area (Å²) >= 11 is 0. The molecule has 2 nitrogen and oxygen atoms in total. The van der Waals surface area contributed by atoms with Crippen LogP contribution < -0.4 is 5.01 Å². The molecule has 0 saturated heterocycles. The molecule has 0 amide bonds. The molecule has 2 aromatic carbocycles. The second-order valence-electron chi connectivity index (χ2n) is 4.35. The summed E-state index contributed by atoms with van der Waals surface area (Å²) in [4.78, 5) is 0. The average Bonchev–Trinajstić information content (AvgIpc) is 2.51. The molecule has 2 aromatic rings. The Labute approximate surface area is 126 Å². The van der Waals surface area contributed by atoms with Crippen molar-refractivity contribution >= 4 is 11.9 Å². The summed E-state index contributed by atoms with van der Waals surface area (Å²) in [7, 11) is 0. The first-order chi connectivity index (χ1) is 10.5. The number of benzene rings is 2. The molecule has 0 N–H and O–H groups in total. The van der Waals surface area contributed by atoms with Gasteiger partial charge in [0, 0.05) is 5.56 Å². The second-order valence-corrected chi connectivity index (χ2v) is 4.35. The highest BCUT2D eigenvalue weighted by Gasteiger charge is 2.24. The van der Waals surface area contributed by atoms with Gasteiger partial charge in [-0.3, -0.25) is 5.01 Å². The van der Waals surface area contributed by atoms with E-state index in [9.17, 15) is 13.2 Å². The number of nitrogens with zero attached hydrogens (tertiary/aromatic N) is 2. The van der Waals surface area contributed by atoms with Gasteiger partial charge in [-0.15, -0.1) is 0 Å². The largest absolute Gasteiger partial charge is 0.428 e. The van der Waals surface area contributed by atoms with Crippen LogP contribution in [0.3, 0.4) is 0 Å². The highest BCUT2D eigenvalue weighted by atomic mass is 19.4. The molecule has 0 aliphatic carbocycles. The summed E-state index contributed by atoms with van der Waals surface area (Å²) in [6, 6.07) is 17.8. The van der Waals surface area contributed by atoms with Crippen LogP contribution in [0.1, 0.15) is 5.56 Å². The predicted molar refractivity (Wildman–Crippen MR) is 81.7 cm³/mol. The Balaban J connectivity index is 2.15. The zero-order valence-electron chi connectivity index (χ0n) is 11.6. The fraction of sp³-hybridized carbons (Fsp3) is 0.118. The van der Waals surface area contributed by atoms with Gasteiger partial charge < -0.3 is 0 Å². The van der Waals surface area contributed by atoms with E-state index in [0.29, 0.717) is 5.69 Å². The third-order valence-electron chi connectivity index (χ3n) is 2.63. The van der Waals surface area contributed by atoms with Crippen LogP contribution in [0.4, 0.5) is 18.9 Å². The van der Waals surface area contributed by atoms with Gasteiger partial charge >= 0.3 is 6.18 Å². The van der Waals surface area contributed by atoms with Crippen molar-refractivity contribution in [3.8, 4) is 11.8 Å². The lowest BCUT2D eigenvalue weighted by Crippen LogP contribution is -2.20. The highest BCUT2D eigenvalue weighted by Crippen LogP contribution is 2.16. The van der Waals surface area contributed by atoms with Crippen molar-refractivity contribution in [2.24, 2.45) is 5.10 Å². The van der Waals surface area contributed by atoms with Crippen molar-refractivity contribution in [2.75, 3.05) is 11.6 Å². The predicted octanol–water partition coefficient (Wildman–Crippen LogP) is 4.09. The van der Waals surface area contributed by atoms with Crippen molar-refractivity contribution < 1.29 is 13.2 Å². The van der Waals surface area contributed by atoms with Crippen LogP contribution in [0, 0.1) is 11.8 Å². The van der Waals surface area contributed by atoms with Crippen LogP contribution in [0.15, 0.2) is 65.8 Å². The van der Waals surface area contributed by atoms with Gasteiger partial charge in [0.15, 0.2) is 0 Å². The van der Waals surface area contributed by atoms with Gasteiger partial charge in [0.05, 0.1) is 5.69 Å². The Kier molecular flexibility index (Phi) is 5.21. The minimum Gasteiger partial charge on any atom is -0.254 e. The van der Waals surface area contributed by atoms with E-state index in [2.05, 4.69) is 16.9 Å². The lowest BCUT2D eigenvalue weighted by molar-refractivity contribution is -0.0537. The fourth-order valence-corrected chi connectivity index (χ4v) is 1.67. The van der Waals surface area contributed by atoms with Crippen molar-refractivity contribution in [2.45, 2.75) is 6.18 Å². The molecule has 0 heterocycles. The van der Waals surface area contributed by atoms with Gasteiger partial charge in [-0.2, -0.15) is 18.3 Å². The summed E-state index contributed by atoms with van der Waals surface area (Å²) in [5, 5.41) is 4.69. The van der Waals surface area contributed by atoms with E-state index in [4.69, 9.17) is 0 Å². The Hall–Kier alpha value is -2.74. The number of rotatable bonds is 3. The average molecular weight is 302 g/mol. The van der Waals surface area contributed by atoms with Gasteiger partial charge in [0.25, 0.3) is 0 Å². The molecule has 112 valence electrons. The molecule has 0 bridgehead atoms. The van der Waals surface area contributed by atoms with Crippen LogP contribution in [-0.2, 0) is 0 Å². The summed E-state index contributed by atoms with van der Waals surface area (Å²) in [5.74, 6) is 5.73. The van der Waals surface area contributed by atoms with E-state index in [1.54, 1.807) is 30.3 Å². The standard InChI is InChI=1S/C17H13F3N2/c18-17(19,20)14-21-22(16-11-5-2-6-12-16)13-7-10-15-8-3-1-4-9-15/h1-6,8-9,11-12,14H,13H2/b21-14+. The molecule has 5 heteroatoms. The topological polar surface area (TPSA) is 15.6 Å². The molecule has 0 spiro atoms. The maximum absolute atomic E-state index is 12.3. The van der Waals surface area contributed by atoms with E-state index in [1.807, 2.05) is 30.3 Å². The molecule has 0 radical (unpaired) electrons. The van der Waals surface area contributed by atoms with Crippen LogP contribution in [-0.4, -0.2) is 18.9 Å². The quantitative estimate of drug-likeness (QED) is 0.473. The normalized spacial score (nSPS) is 11.0. The third-order valence-corrected chi connectivity index (χ3v) is 2.63. The van der Waals surface area contributed by atoms with Gasteiger partial charge in [0.2, 0.25) is 0 Å². The molecule has 0 saturated carbocycles. The number of anilines is 1. The van der Waals surface area contributed by atoms with Crippen LogP contribution in [0.5, 0.6) is 0 Å². The van der Waals surface area contributed by atoms with E-state index in [0.717, 1.165) is 5.56 Å². The van der Waals surface area contributed by atoms with Crippen molar-refractivity contribution in [1.29, 1.82) is 0 Å². The SMILES string of the molecule is FC(F)(F)/C=N/N(CC#Cc1ccccc1)c1ccccc1. The Morgan fingerprint density at radius 2 is 1.55 bits per heavy atom. The molecule has 0 atom stereocenters. The number of hydrazone groups is 1. The maximum atomic E-state index is 12.3.